The molecule has 1 aliphatic heterocycles. The summed E-state index contributed by atoms with van der Waals surface area (Å²) >= 11 is 0. The quantitative estimate of drug-likeness (QED) is 0.814. The van der Waals surface area contributed by atoms with Crippen LogP contribution in [-0.4, -0.2) is 42.5 Å². The van der Waals surface area contributed by atoms with Crippen molar-refractivity contribution in [3.8, 4) is 5.75 Å². The third-order valence-corrected chi connectivity index (χ3v) is 4.33. The van der Waals surface area contributed by atoms with Gasteiger partial charge in [-0.15, -0.1) is 13.2 Å². The number of alkyl halides is 3. The van der Waals surface area contributed by atoms with Crippen LogP contribution in [0.1, 0.15) is 27.1 Å². The molecule has 0 spiro atoms. The van der Waals surface area contributed by atoms with Gasteiger partial charge in [0.15, 0.2) is 0 Å². The molecule has 3 rings (SSSR count). The number of carboxylic acids is 1. The number of ether oxygens (including phenoxy) is 1. The molecule has 1 fully saturated rings. The van der Waals surface area contributed by atoms with E-state index in [2.05, 4.69) is 10.1 Å². The Hall–Kier alpha value is -3.23. The van der Waals surface area contributed by atoms with Gasteiger partial charge in [-0.25, -0.2) is 4.79 Å². The molecule has 2 N–H and O–H groups in total. The van der Waals surface area contributed by atoms with E-state index in [9.17, 15) is 22.8 Å². The summed E-state index contributed by atoms with van der Waals surface area (Å²) < 4.78 is 41.1. The zero-order chi connectivity index (χ0) is 20.3. The topological polar surface area (TPSA) is 78.9 Å². The minimum absolute atomic E-state index is 0.0875. The molecule has 0 radical (unpaired) electrons. The Morgan fingerprint density at radius 2 is 1.79 bits per heavy atom. The highest BCUT2D eigenvalue weighted by molar-refractivity contribution is 5.96. The lowest BCUT2D eigenvalue weighted by molar-refractivity contribution is -0.274. The summed E-state index contributed by atoms with van der Waals surface area (Å²) in [6.07, 6.45) is -4.13. The number of rotatable bonds is 5. The van der Waals surface area contributed by atoms with Gasteiger partial charge in [0.05, 0.1) is 5.56 Å². The number of carbonyl (C=O) groups excluding carboxylic acids is 1. The third-order valence-electron chi connectivity index (χ3n) is 4.33. The van der Waals surface area contributed by atoms with Crippen LogP contribution < -0.4 is 15.0 Å². The van der Waals surface area contributed by atoms with Crippen molar-refractivity contribution in [3.63, 3.8) is 0 Å². The summed E-state index contributed by atoms with van der Waals surface area (Å²) in [5.74, 6) is -1.70. The van der Waals surface area contributed by atoms with Crippen molar-refractivity contribution in [2.75, 3.05) is 18.0 Å². The number of nitrogens with zero attached hydrogens (tertiary/aromatic N) is 1. The van der Waals surface area contributed by atoms with E-state index < -0.39 is 12.3 Å². The van der Waals surface area contributed by atoms with Crippen molar-refractivity contribution in [3.05, 3.63) is 59.7 Å². The van der Waals surface area contributed by atoms with E-state index in [0.717, 1.165) is 0 Å². The minimum Gasteiger partial charge on any atom is -0.478 e. The van der Waals surface area contributed by atoms with Crippen LogP contribution in [0.2, 0.25) is 0 Å². The summed E-state index contributed by atoms with van der Waals surface area (Å²) in [7, 11) is 0. The first-order valence-corrected chi connectivity index (χ1v) is 8.46. The molecule has 1 heterocycles. The largest absolute Gasteiger partial charge is 0.573 e. The lowest BCUT2D eigenvalue weighted by Crippen LogP contribution is -2.37. The smallest absolute Gasteiger partial charge is 0.478 e. The van der Waals surface area contributed by atoms with Gasteiger partial charge in [0.1, 0.15) is 5.75 Å². The number of aromatic carboxylic acids is 1. The Morgan fingerprint density at radius 3 is 2.43 bits per heavy atom. The van der Waals surface area contributed by atoms with Gasteiger partial charge in [-0.05, 0) is 42.8 Å². The number of hydrogen-bond acceptors (Lipinski definition) is 4. The number of amides is 1. The van der Waals surface area contributed by atoms with Crippen LogP contribution in [0.5, 0.6) is 5.75 Å². The highest BCUT2D eigenvalue weighted by Crippen LogP contribution is 2.28. The van der Waals surface area contributed by atoms with Gasteiger partial charge in [-0.3, -0.25) is 4.79 Å². The van der Waals surface area contributed by atoms with Gasteiger partial charge in [0.2, 0.25) is 0 Å². The Kier molecular flexibility index (Phi) is 5.43. The molecule has 0 aliphatic carbocycles. The molecular weight excluding hydrogens is 377 g/mol. The summed E-state index contributed by atoms with van der Waals surface area (Å²) in [6, 6.07) is 11.1. The lowest BCUT2D eigenvalue weighted by atomic mass is 10.1. The number of nitrogens with one attached hydrogen (secondary N) is 1. The van der Waals surface area contributed by atoms with Crippen LogP contribution in [-0.2, 0) is 0 Å². The molecule has 0 bridgehead atoms. The number of carbonyl (C=O) groups is 2. The highest BCUT2D eigenvalue weighted by atomic mass is 19.4. The van der Waals surface area contributed by atoms with Crippen LogP contribution >= 0.6 is 0 Å². The average molecular weight is 394 g/mol. The van der Waals surface area contributed by atoms with Gasteiger partial charge in [-0.2, -0.15) is 0 Å². The Labute approximate surface area is 158 Å². The molecule has 1 amide bonds. The van der Waals surface area contributed by atoms with Crippen molar-refractivity contribution < 1.29 is 32.6 Å². The summed E-state index contributed by atoms with van der Waals surface area (Å²) in [5, 5.41) is 11.7. The van der Waals surface area contributed by atoms with E-state index in [-0.39, 0.29) is 23.3 Å². The fourth-order valence-electron chi connectivity index (χ4n) is 3.02. The first kappa shape index (κ1) is 19.5. The molecule has 28 heavy (non-hydrogen) atoms. The van der Waals surface area contributed by atoms with Gasteiger partial charge in [-0.1, -0.05) is 6.07 Å². The normalized spacial score (nSPS) is 16.7. The maximum absolute atomic E-state index is 12.4. The summed E-state index contributed by atoms with van der Waals surface area (Å²) in [5.41, 5.74) is 0.998. The van der Waals surface area contributed by atoms with Crippen LogP contribution in [0, 0.1) is 0 Å². The molecule has 2 aromatic carbocycles. The van der Waals surface area contributed by atoms with Crippen molar-refractivity contribution in [2.24, 2.45) is 0 Å². The van der Waals surface area contributed by atoms with E-state index in [4.69, 9.17) is 5.11 Å². The number of halogens is 3. The molecule has 1 unspecified atom stereocenters. The van der Waals surface area contributed by atoms with E-state index >= 15 is 0 Å². The van der Waals surface area contributed by atoms with Crippen LogP contribution in [0.4, 0.5) is 18.9 Å². The second-order valence-electron chi connectivity index (χ2n) is 6.33. The summed E-state index contributed by atoms with van der Waals surface area (Å²) in [4.78, 5) is 25.0. The van der Waals surface area contributed by atoms with Crippen LogP contribution in [0.25, 0.3) is 0 Å². The van der Waals surface area contributed by atoms with E-state index in [1.54, 1.807) is 6.07 Å². The number of carboxylic acid groups (broad SMARTS) is 1. The highest BCUT2D eigenvalue weighted by Gasteiger charge is 2.31. The fourth-order valence-corrected chi connectivity index (χ4v) is 3.02. The molecule has 2 aromatic rings. The zero-order valence-electron chi connectivity index (χ0n) is 14.6. The minimum atomic E-state index is -4.75. The maximum atomic E-state index is 12.4. The molecule has 1 aliphatic rings. The first-order valence-electron chi connectivity index (χ1n) is 8.46. The van der Waals surface area contributed by atoms with E-state index in [0.29, 0.717) is 30.8 Å². The molecule has 0 aromatic heterocycles. The molecule has 9 heteroatoms. The molecule has 1 atom stereocenters. The second kappa shape index (κ2) is 7.79. The fraction of sp³-hybridized carbons (Fsp3) is 0.263. The van der Waals surface area contributed by atoms with E-state index in [1.165, 1.54) is 42.5 Å². The number of benzene rings is 2. The molecule has 1 saturated heterocycles. The lowest BCUT2D eigenvalue weighted by Gasteiger charge is -2.20. The van der Waals surface area contributed by atoms with Crippen molar-refractivity contribution in [2.45, 2.75) is 18.8 Å². The molecular formula is C19H17F3N2O4. The number of hydrogen-bond donors (Lipinski definition) is 2. The Morgan fingerprint density at radius 1 is 1.11 bits per heavy atom. The molecule has 0 saturated carbocycles. The predicted octanol–water partition coefficient (Wildman–Crippen LogP) is 3.29. The van der Waals surface area contributed by atoms with Gasteiger partial charge in [0, 0.05) is 36.4 Å². The number of anilines is 1. The van der Waals surface area contributed by atoms with Crippen LogP contribution in [0.15, 0.2) is 48.5 Å². The Bertz CT molecular complexity index is 868. The zero-order valence-corrected chi connectivity index (χ0v) is 14.6. The predicted molar refractivity (Wildman–Crippen MR) is 94.6 cm³/mol. The van der Waals surface area contributed by atoms with Crippen molar-refractivity contribution in [1.29, 1.82) is 0 Å². The average Bonchev–Trinajstić information content (AvgIpc) is 3.09. The standard InChI is InChI=1S/C19H17F3N2O4/c20-19(21,22)28-16-3-1-2-15(10-16)24-9-8-14(11-24)23-17(25)12-4-6-13(7-5-12)18(26)27/h1-7,10,14H,8-9,11H2,(H,23,25)(H,26,27). The Balaban J connectivity index is 1.60. The third kappa shape index (κ3) is 4.93. The van der Waals surface area contributed by atoms with Gasteiger partial charge in [0.25, 0.3) is 5.91 Å². The van der Waals surface area contributed by atoms with E-state index in [1.807, 2.05) is 4.90 Å². The second-order valence-corrected chi connectivity index (χ2v) is 6.33. The maximum Gasteiger partial charge on any atom is 0.573 e. The van der Waals surface area contributed by atoms with Gasteiger partial charge >= 0.3 is 12.3 Å². The SMILES string of the molecule is O=C(O)c1ccc(C(=O)NC2CCN(c3cccc(OC(F)(F)F)c3)C2)cc1. The van der Waals surface area contributed by atoms with Crippen molar-refractivity contribution >= 4 is 17.6 Å². The van der Waals surface area contributed by atoms with Crippen LogP contribution in [0.3, 0.4) is 0 Å². The monoisotopic (exact) mass is 394 g/mol. The molecule has 6 nitrogen and oxygen atoms in total. The summed E-state index contributed by atoms with van der Waals surface area (Å²) in [6.45, 7) is 1.01. The molecule has 148 valence electrons. The first-order chi connectivity index (χ1) is 13.2. The van der Waals surface area contributed by atoms with Crippen molar-refractivity contribution in [1.82, 2.24) is 5.32 Å². The van der Waals surface area contributed by atoms with Gasteiger partial charge < -0.3 is 20.1 Å².